The number of fused-ring (bicyclic) bond motifs is 1. The van der Waals surface area contributed by atoms with Crippen molar-refractivity contribution in [1.29, 1.82) is 0 Å². The molecule has 0 saturated heterocycles. The van der Waals surface area contributed by atoms with Crippen LogP contribution in [0.1, 0.15) is 16.8 Å². The van der Waals surface area contributed by atoms with Crippen LogP contribution in [0.15, 0.2) is 23.0 Å². The van der Waals surface area contributed by atoms with Crippen LogP contribution in [-0.4, -0.2) is 21.5 Å². The van der Waals surface area contributed by atoms with Gasteiger partial charge in [-0.25, -0.2) is 4.79 Å². The van der Waals surface area contributed by atoms with Crippen molar-refractivity contribution in [3.05, 3.63) is 34.2 Å². The minimum absolute atomic E-state index is 0.0361. The molecule has 0 aliphatic rings. The Balaban J connectivity index is 2.46. The first-order valence-corrected chi connectivity index (χ1v) is 5.20. The second kappa shape index (κ2) is 3.94. The summed E-state index contributed by atoms with van der Waals surface area (Å²) in [6.45, 7) is 0. The summed E-state index contributed by atoms with van der Waals surface area (Å²) in [4.78, 5) is 27.8. The van der Waals surface area contributed by atoms with Gasteiger partial charge in [0, 0.05) is 12.0 Å². The highest BCUT2D eigenvalue weighted by molar-refractivity contribution is 7.80. The number of carbonyl (C=O) groups excluding carboxylic acids is 1. The number of thiol groups is 1. The molecule has 0 aliphatic heterocycles. The summed E-state index contributed by atoms with van der Waals surface area (Å²) in [5, 5.41) is 0. The number of aromatic amines is 2. The van der Waals surface area contributed by atoms with Gasteiger partial charge in [0.25, 0.3) is 0 Å². The lowest BCUT2D eigenvalue weighted by Gasteiger charge is -1.98. The van der Waals surface area contributed by atoms with E-state index in [0.29, 0.717) is 28.8 Å². The summed E-state index contributed by atoms with van der Waals surface area (Å²) >= 11 is 4.00. The maximum atomic E-state index is 11.5. The summed E-state index contributed by atoms with van der Waals surface area (Å²) in [5.41, 5.74) is 1.71. The molecular weight excluding hydrogens is 212 g/mol. The first kappa shape index (κ1) is 10.0. The van der Waals surface area contributed by atoms with E-state index < -0.39 is 0 Å². The third-order valence-corrected chi connectivity index (χ3v) is 2.40. The molecule has 0 atom stereocenters. The van der Waals surface area contributed by atoms with Gasteiger partial charge in [0.05, 0.1) is 11.0 Å². The first-order valence-electron chi connectivity index (χ1n) is 4.57. The van der Waals surface area contributed by atoms with Crippen LogP contribution in [0.5, 0.6) is 0 Å². The van der Waals surface area contributed by atoms with Crippen molar-refractivity contribution in [3.8, 4) is 0 Å². The maximum absolute atomic E-state index is 11.5. The van der Waals surface area contributed by atoms with Crippen molar-refractivity contribution in [1.82, 2.24) is 9.97 Å². The zero-order valence-electron chi connectivity index (χ0n) is 7.91. The zero-order chi connectivity index (χ0) is 10.8. The van der Waals surface area contributed by atoms with Gasteiger partial charge < -0.3 is 9.97 Å². The molecule has 5 heteroatoms. The second-order valence-electron chi connectivity index (χ2n) is 3.24. The first-order chi connectivity index (χ1) is 7.20. The van der Waals surface area contributed by atoms with Crippen molar-refractivity contribution < 1.29 is 4.79 Å². The van der Waals surface area contributed by atoms with E-state index in [4.69, 9.17) is 0 Å². The number of carbonyl (C=O) groups is 1. The van der Waals surface area contributed by atoms with Gasteiger partial charge in [-0.3, -0.25) is 4.79 Å². The van der Waals surface area contributed by atoms with E-state index in [9.17, 15) is 9.59 Å². The molecule has 1 heterocycles. The van der Waals surface area contributed by atoms with Crippen molar-refractivity contribution in [2.45, 2.75) is 6.42 Å². The van der Waals surface area contributed by atoms with Crippen molar-refractivity contribution in [2.75, 3.05) is 5.75 Å². The monoisotopic (exact) mass is 222 g/mol. The number of ketones is 1. The minimum Gasteiger partial charge on any atom is -0.306 e. The number of Topliss-reactive ketones (excluding diaryl/α,β-unsaturated/α-hetero) is 1. The molecule has 78 valence electrons. The quantitative estimate of drug-likeness (QED) is 0.542. The predicted molar refractivity (Wildman–Crippen MR) is 61.7 cm³/mol. The molecule has 0 radical (unpaired) electrons. The molecule has 2 aromatic rings. The largest absolute Gasteiger partial charge is 0.323 e. The number of imidazole rings is 1. The number of nitrogens with one attached hydrogen (secondary N) is 2. The fourth-order valence-electron chi connectivity index (χ4n) is 1.45. The van der Waals surface area contributed by atoms with Crippen LogP contribution < -0.4 is 5.69 Å². The molecule has 0 aliphatic carbocycles. The van der Waals surface area contributed by atoms with Gasteiger partial charge in [-0.05, 0) is 24.0 Å². The zero-order valence-corrected chi connectivity index (χ0v) is 8.80. The Morgan fingerprint density at radius 1 is 1.27 bits per heavy atom. The Bertz CT molecular complexity index is 556. The number of aromatic nitrogens is 2. The van der Waals surface area contributed by atoms with Gasteiger partial charge in [-0.15, -0.1) is 0 Å². The fourth-order valence-corrected chi connectivity index (χ4v) is 1.65. The van der Waals surface area contributed by atoms with Gasteiger partial charge in [-0.2, -0.15) is 12.6 Å². The standard InChI is InChI=1S/C10H10N2O2S/c13-9(3-4-15)6-1-2-7-8(5-6)12-10(14)11-7/h1-2,5,15H,3-4H2,(H2,11,12,14). The molecule has 1 aromatic carbocycles. The Morgan fingerprint density at radius 3 is 2.73 bits per heavy atom. The molecule has 15 heavy (non-hydrogen) atoms. The van der Waals surface area contributed by atoms with Crippen LogP contribution in [0.3, 0.4) is 0 Å². The van der Waals surface area contributed by atoms with Crippen LogP contribution in [-0.2, 0) is 0 Å². The SMILES string of the molecule is O=C(CCS)c1ccc2[nH]c(=O)[nH]c2c1. The number of hydrogen-bond acceptors (Lipinski definition) is 3. The maximum Gasteiger partial charge on any atom is 0.323 e. The van der Waals surface area contributed by atoms with Crippen molar-refractivity contribution in [3.63, 3.8) is 0 Å². The molecule has 0 bridgehead atoms. The average Bonchev–Trinajstić information content (AvgIpc) is 2.57. The van der Waals surface area contributed by atoms with E-state index in [1.165, 1.54) is 0 Å². The van der Waals surface area contributed by atoms with E-state index in [0.717, 1.165) is 0 Å². The third-order valence-electron chi connectivity index (χ3n) is 2.18. The van der Waals surface area contributed by atoms with Crippen LogP contribution in [0.4, 0.5) is 0 Å². The third kappa shape index (κ3) is 1.97. The molecule has 0 unspecified atom stereocenters. The highest BCUT2D eigenvalue weighted by atomic mass is 32.1. The number of rotatable bonds is 3. The lowest BCUT2D eigenvalue weighted by Crippen LogP contribution is -1.99. The Hall–Kier alpha value is -1.49. The summed E-state index contributed by atoms with van der Waals surface area (Å²) in [5.74, 6) is 0.564. The fraction of sp³-hybridized carbons (Fsp3) is 0.200. The average molecular weight is 222 g/mol. The van der Waals surface area contributed by atoms with Crippen molar-refractivity contribution in [2.24, 2.45) is 0 Å². The molecule has 0 spiro atoms. The summed E-state index contributed by atoms with van der Waals surface area (Å²) in [6.07, 6.45) is 0.406. The highest BCUT2D eigenvalue weighted by Gasteiger charge is 2.06. The highest BCUT2D eigenvalue weighted by Crippen LogP contribution is 2.12. The Morgan fingerprint density at radius 2 is 2.00 bits per heavy atom. The molecule has 2 N–H and O–H groups in total. The number of H-pyrrole nitrogens is 2. The van der Waals surface area contributed by atoms with Gasteiger partial charge in [0.2, 0.25) is 0 Å². The second-order valence-corrected chi connectivity index (χ2v) is 3.68. The summed E-state index contributed by atoms with van der Waals surface area (Å²) in [6, 6.07) is 5.11. The molecule has 0 amide bonds. The Labute approximate surface area is 91.1 Å². The van der Waals surface area contributed by atoms with Gasteiger partial charge in [-0.1, -0.05) is 0 Å². The van der Waals surface area contributed by atoms with Crippen LogP contribution in [0.2, 0.25) is 0 Å². The molecular formula is C10H10N2O2S. The van der Waals surface area contributed by atoms with E-state index in [-0.39, 0.29) is 11.5 Å². The smallest absolute Gasteiger partial charge is 0.306 e. The number of hydrogen-bond donors (Lipinski definition) is 3. The Kier molecular flexibility index (Phi) is 2.64. The van der Waals surface area contributed by atoms with Crippen LogP contribution >= 0.6 is 12.6 Å². The molecule has 0 saturated carbocycles. The normalized spacial score (nSPS) is 10.7. The van der Waals surface area contributed by atoms with E-state index >= 15 is 0 Å². The van der Waals surface area contributed by atoms with Crippen molar-refractivity contribution >= 4 is 29.4 Å². The van der Waals surface area contributed by atoms with Crippen LogP contribution in [0.25, 0.3) is 11.0 Å². The van der Waals surface area contributed by atoms with Gasteiger partial charge in [0.1, 0.15) is 0 Å². The lowest BCUT2D eigenvalue weighted by molar-refractivity contribution is 0.0990. The van der Waals surface area contributed by atoms with E-state index in [2.05, 4.69) is 22.6 Å². The minimum atomic E-state index is -0.260. The van der Waals surface area contributed by atoms with E-state index in [1.54, 1.807) is 18.2 Å². The topological polar surface area (TPSA) is 65.7 Å². The molecule has 1 aromatic heterocycles. The van der Waals surface area contributed by atoms with Gasteiger partial charge in [0.15, 0.2) is 5.78 Å². The predicted octanol–water partition coefficient (Wildman–Crippen LogP) is 1.36. The van der Waals surface area contributed by atoms with Gasteiger partial charge >= 0.3 is 5.69 Å². The summed E-state index contributed by atoms with van der Waals surface area (Å²) in [7, 11) is 0. The van der Waals surface area contributed by atoms with E-state index in [1.807, 2.05) is 0 Å². The van der Waals surface area contributed by atoms with Crippen LogP contribution in [0, 0.1) is 0 Å². The molecule has 4 nitrogen and oxygen atoms in total. The lowest BCUT2D eigenvalue weighted by atomic mass is 10.1. The summed E-state index contributed by atoms with van der Waals surface area (Å²) < 4.78 is 0. The molecule has 0 fully saturated rings. The number of benzene rings is 1. The molecule has 2 rings (SSSR count).